The van der Waals surface area contributed by atoms with Gasteiger partial charge in [-0.05, 0) is 31.5 Å². The van der Waals surface area contributed by atoms with E-state index in [1.54, 1.807) is 12.3 Å². The Morgan fingerprint density at radius 1 is 1.53 bits per heavy atom. The third kappa shape index (κ3) is 4.52. The number of aryl methyl sites for hydroxylation is 1. The zero-order valence-electron chi connectivity index (χ0n) is 10.2. The van der Waals surface area contributed by atoms with Crippen LogP contribution in [-0.2, 0) is 10.8 Å². The molecule has 0 saturated carbocycles. The number of hydrogen-bond donors (Lipinski definition) is 2. The van der Waals surface area contributed by atoms with Crippen molar-refractivity contribution in [2.75, 3.05) is 12.0 Å². The van der Waals surface area contributed by atoms with Crippen LogP contribution in [0.3, 0.4) is 0 Å². The monoisotopic (exact) mass is 271 g/mol. The van der Waals surface area contributed by atoms with Crippen molar-refractivity contribution in [3.05, 3.63) is 29.3 Å². The van der Waals surface area contributed by atoms with Crippen LogP contribution in [0.4, 0.5) is 0 Å². The largest absolute Gasteiger partial charge is 0.349 e. The number of carbonyl (C=O) groups is 1. The molecule has 0 heterocycles. The van der Waals surface area contributed by atoms with Crippen molar-refractivity contribution in [1.82, 2.24) is 5.32 Å². The highest BCUT2D eigenvalue weighted by Gasteiger charge is 2.13. The molecule has 1 amide bonds. The van der Waals surface area contributed by atoms with Gasteiger partial charge in [-0.3, -0.25) is 9.00 Å². The van der Waals surface area contributed by atoms with Gasteiger partial charge in [0.15, 0.2) is 0 Å². The lowest BCUT2D eigenvalue weighted by atomic mass is 10.1. The molecular formula is C12H17NO2S2. The van der Waals surface area contributed by atoms with E-state index in [0.29, 0.717) is 11.3 Å². The summed E-state index contributed by atoms with van der Waals surface area (Å²) in [5, 5.41) is 2.83. The lowest BCUT2D eigenvalue weighted by Crippen LogP contribution is -2.36. The van der Waals surface area contributed by atoms with Gasteiger partial charge in [-0.15, -0.1) is 12.6 Å². The van der Waals surface area contributed by atoms with Crippen LogP contribution in [0.2, 0.25) is 0 Å². The molecule has 0 bridgehead atoms. The van der Waals surface area contributed by atoms with Gasteiger partial charge >= 0.3 is 0 Å². The van der Waals surface area contributed by atoms with E-state index in [2.05, 4.69) is 17.9 Å². The minimum absolute atomic E-state index is 0.101. The van der Waals surface area contributed by atoms with Crippen LogP contribution in [0, 0.1) is 6.92 Å². The van der Waals surface area contributed by atoms with Crippen LogP contribution in [-0.4, -0.2) is 28.2 Å². The first-order chi connectivity index (χ1) is 7.90. The summed E-state index contributed by atoms with van der Waals surface area (Å²) in [6, 6.07) is 5.35. The van der Waals surface area contributed by atoms with Gasteiger partial charge in [0.2, 0.25) is 0 Å². The van der Waals surface area contributed by atoms with Crippen molar-refractivity contribution in [3.8, 4) is 0 Å². The maximum atomic E-state index is 12.0. The third-order valence-corrected chi connectivity index (χ3v) is 3.58. The van der Waals surface area contributed by atoms with Crippen LogP contribution in [0.1, 0.15) is 22.8 Å². The Hall–Kier alpha value is -0.810. The minimum Gasteiger partial charge on any atom is -0.349 e. The van der Waals surface area contributed by atoms with Gasteiger partial charge in [0.25, 0.3) is 5.91 Å². The standard InChI is InChI=1S/C12H17NO2S2/c1-8-4-5-10(16)6-11(8)12(14)13-9(2)7-17(3)15/h4-6,9,16H,7H2,1-3H3,(H,13,14). The summed E-state index contributed by atoms with van der Waals surface area (Å²) in [6.45, 7) is 3.73. The first-order valence-electron chi connectivity index (χ1n) is 5.30. The molecular weight excluding hydrogens is 254 g/mol. The van der Waals surface area contributed by atoms with Crippen LogP contribution >= 0.6 is 12.6 Å². The molecule has 0 saturated heterocycles. The fourth-order valence-electron chi connectivity index (χ4n) is 1.55. The topological polar surface area (TPSA) is 46.2 Å². The molecule has 0 aromatic heterocycles. The van der Waals surface area contributed by atoms with Crippen LogP contribution in [0.5, 0.6) is 0 Å². The molecule has 3 nitrogen and oxygen atoms in total. The summed E-state index contributed by atoms with van der Waals surface area (Å²) in [6.07, 6.45) is 1.63. The highest BCUT2D eigenvalue weighted by Crippen LogP contribution is 2.14. The number of benzene rings is 1. The first kappa shape index (κ1) is 14.3. The predicted molar refractivity (Wildman–Crippen MR) is 74.3 cm³/mol. The van der Waals surface area contributed by atoms with Crippen LogP contribution < -0.4 is 5.32 Å². The Bertz CT molecular complexity index is 446. The fraction of sp³-hybridized carbons (Fsp3) is 0.417. The second-order valence-corrected chi connectivity index (χ2v) is 6.11. The zero-order chi connectivity index (χ0) is 13.0. The summed E-state index contributed by atoms with van der Waals surface area (Å²) in [5.41, 5.74) is 1.52. The average molecular weight is 271 g/mol. The molecule has 0 fully saturated rings. The Labute approximate surface area is 110 Å². The van der Waals surface area contributed by atoms with Crippen molar-refractivity contribution < 1.29 is 9.00 Å². The number of thiol groups is 1. The molecule has 0 aliphatic rings. The number of carbonyl (C=O) groups excluding carboxylic acids is 1. The molecule has 5 heteroatoms. The summed E-state index contributed by atoms with van der Waals surface area (Å²) in [4.78, 5) is 12.7. The van der Waals surface area contributed by atoms with Crippen molar-refractivity contribution in [3.63, 3.8) is 0 Å². The lowest BCUT2D eigenvalue weighted by molar-refractivity contribution is 0.0943. The number of amides is 1. The van der Waals surface area contributed by atoms with Gasteiger partial charge in [-0.2, -0.15) is 0 Å². The Kier molecular flexibility index (Phi) is 5.21. The lowest BCUT2D eigenvalue weighted by Gasteiger charge is -2.13. The second kappa shape index (κ2) is 6.21. The van der Waals surface area contributed by atoms with Crippen molar-refractivity contribution in [1.29, 1.82) is 0 Å². The first-order valence-corrected chi connectivity index (χ1v) is 7.48. The van der Waals surface area contributed by atoms with E-state index in [0.717, 1.165) is 10.5 Å². The number of hydrogen-bond acceptors (Lipinski definition) is 3. The summed E-state index contributed by atoms with van der Waals surface area (Å²) in [5.74, 6) is 0.321. The van der Waals surface area contributed by atoms with E-state index in [4.69, 9.17) is 0 Å². The van der Waals surface area contributed by atoms with E-state index >= 15 is 0 Å². The Morgan fingerprint density at radius 2 is 2.18 bits per heavy atom. The summed E-state index contributed by atoms with van der Waals surface area (Å²) >= 11 is 4.21. The fourth-order valence-corrected chi connectivity index (χ4v) is 2.54. The molecule has 17 heavy (non-hydrogen) atoms. The molecule has 1 aromatic rings. The van der Waals surface area contributed by atoms with E-state index in [1.165, 1.54) is 0 Å². The minimum atomic E-state index is -0.908. The van der Waals surface area contributed by atoms with Gasteiger partial charge in [-0.25, -0.2) is 0 Å². The van der Waals surface area contributed by atoms with Crippen LogP contribution in [0.25, 0.3) is 0 Å². The number of nitrogens with one attached hydrogen (secondary N) is 1. The second-order valence-electron chi connectivity index (χ2n) is 4.11. The van der Waals surface area contributed by atoms with E-state index in [1.807, 2.05) is 26.0 Å². The molecule has 0 radical (unpaired) electrons. The summed E-state index contributed by atoms with van der Waals surface area (Å²) < 4.78 is 11.0. The van der Waals surface area contributed by atoms with E-state index < -0.39 is 10.8 Å². The molecule has 1 rings (SSSR count). The Balaban J connectivity index is 2.76. The third-order valence-electron chi connectivity index (χ3n) is 2.33. The smallest absolute Gasteiger partial charge is 0.251 e. The van der Waals surface area contributed by atoms with E-state index in [-0.39, 0.29) is 11.9 Å². The predicted octanol–water partition coefficient (Wildman–Crippen LogP) is 1.78. The summed E-state index contributed by atoms with van der Waals surface area (Å²) in [7, 11) is -0.908. The molecule has 0 aliphatic heterocycles. The maximum absolute atomic E-state index is 12.0. The quantitative estimate of drug-likeness (QED) is 0.820. The average Bonchev–Trinajstić information content (AvgIpc) is 2.20. The molecule has 0 spiro atoms. The Morgan fingerprint density at radius 3 is 2.76 bits per heavy atom. The molecule has 2 atom stereocenters. The molecule has 1 aromatic carbocycles. The maximum Gasteiger partial charge on any atom is 0.251 e. The van der Waals surface area contributed by atoms with Gasteiger partial charge in [0.1, 0.15) is 0 Å². The van der Waals surface area contributed by atoms with Crippen molar-refractivity contribution in [2.45, 2.75) is 24.8 Å². The van der Waals surface area contributed by atoms with Gasteiger partial charge in [0, 0.05) is 39.3 Å². The molecule has 2 unspecified atom stereocenters. The zero-order valence-corrected chi connectivity index (χ0v) is 11.9. The van der Waals surface area contributed by atoms with Crippen LogP contribution in [0.15, 0.2) is 23.1 Å². The van der Waals surface area contributed by atoms with E-state index in [9.17, 15) is 9.00 Å². The van der Waals surface area contributed by atoms with Gasteiger partial charge in [-0.1, -0.05) is 6.07 Å². The van der Waals surface area contributed by atoms with Gasteiger partial charge in [0.05, 0.1) is 0 Å². The highest BCUT2D eigenvalue weighted by molar-refractivity contribution is 7.84. The SMILES string of the molecule is Cc1ccc(S)cc1C(=O)NC(C)CS(C)=O. The van der Waals surface area contributed by atoms with Crippen molar-refractivity contribution in [2.24, 2.45) is 0 Å². The molecule has 1 N–H and O–H groups in total. The molecule has 0 aliphatic carbocycles. The van der Waals surface area contributed by atoms with Gasteiger partial charge < -0.3 is 5.32 Å². The number of rotatable bonds is 4. The normalized spacial score (nSPS) is 14.1. The molecule has 94 valence electrons. The highest BCUT2D eigenvalue weighted by atomic mass is 32.2. The van der Waals surface area contributed by atoms with Crippen molar-refractivity contribution >= 4 is 29.3 Å².